The van der Waals surface area contributed by atoms with E-state index in [4.69, 9.17) is 47.4 Å². The maximum atomic E-state index is 14.3. The summed E-state index contributed by atoms with van der Waals surface area (Å²) >= 11 is 0. The number of rotatable bonds is 8. The van der Waals surface area contributed by atoms with Gasteiger partial charge in [-0.2, -0.15) is 0 Å². The average Bonchev–Trinajstić information content (AvgIpc) is 3.58. The van der Waals surface area contributed by atoms with Crippen LogP contribution in [0.3, 0.4) is 0 Å². The number of esters is 1. The predicted molar refractivity (Wildman–Crippen MR) is 233 cm³/mol. The van der Waals surface area contributed by atoms with Crippen LogP contribution in [-0.4, -0.2) is 135 Å². The second-order valence-electron chi connectivity index (χ2n) is 19.4. The SMILES string of the molecule is CO[C@H]1C[C@H](O[C@H]2[C@H](C)O[C@@H](O[C@@H]3/C(C)=C/C[C@@H]4C[C@@H](C[C@]5(C=C[C@H](C)[C@@H](C(C)C)O5)O4)OC(=O)[C@@H]4C=C(C)C(=O)[C@H]5OC/C(=C\C=C\[C@@H]3C)[C@]54O)C[C@@H]2OC)O[C@@H](C)[C@H]1NC(C)=O. The quantitative estimate of drug-likeness (QED) is 0.236. The van der Waals surface area contributed by atoms with Crippen molar-refractivity contribution in [3.63, 3.8) is 0 Å². The number of Topliss-reactive ketones (excluding diaryl/α,β-unsaturated/α-hetero) is 1. The number of carbonyl (C=O) groups excluding carboxylic acids is 3. The molecule has 4 fully saturated rings. The Hall–Kier alpha value is -3.09. The Morgan fingerprint density at radius 1 is 0.906 bits per heavy atom. The molecule has 356 valence electrons. The Morgan fingerprint density at radius 3 is 2.31 bits per heavy atom. The number of carbonyl (C=O) groups is 3. The number of ether oxygens (including phenoxy) is 10. The molecule has 15 nitrogen and oxygen atoms in total. The van der Waals surface area contributed by atoms with Crippen LogP contribution in [-0.2, 0) is 61.8 Å². The van der Waals surface area contributed by atoms with Gasteiger partial charge in [-0.3, -0.25) is 14.4 Å². The third-order valence-corrected chi connectivity index (χ3v) is 14.2. The summed E-state index contributed by atoms with van der Waals surface area (Å²) < 4.78 is 64.0. The topological polar surface area (TPSA) is 176 Å². The molecule has 18 atom stereocenters. The van der Waals surface area contributed by atoms with Crippen LogP contribution in [0.15, 0.2) is 59.3 Å². The zero-order valence-corrected chi connectivity index (χ0v) is 39.4. The summed E-state index contributed by atoms with van der Waals surface area (Å²) in [5.74, 6) is -3.33. The van der Waals surface area contributed by atoms with Crippen LogP contribution in [0.4, 0.5) is 0 Å². The second kappa shape index (κ2) is 20.0. The molecule has 1 aliphatic carbocycles. The number of ketones is 1. The fourth-order valence-electron chi connectivity index (χ4n) is 10.7. The summed E-state index contributed by atoms with van der Waals surface area (Å²) in [6, 6.07) is -0.318. The van der Waals surface area contributed by atoms with Crippen molar-refractivity contribution in [3.8, 4) is 0 Å². The van der Waals surface area contributed by atoms with Gasteiger partial charge in [0.25, 0.3) is 0 Å². The number of hydrogen-bond donors (Lipinski definition) is 2. The van der Waals surface area contributed by atoms with Gasteiger partial charge in [-0.25, -0.2) is 0 Å². The monoisotopic (exact) mass is 897 g/mol. The maximum absolute atomic E-state index is 14.3. The lowest BCUT2D eigenvalue weighted by molar-refractivity contribution is -0.311. The molecule has 0 aromatic carbocycles. The van der Waals surface area contributed by atoms with Crippen molar-refractivity contribution >= 4 is 17.7 Å². The van der Waals surface area contributed by atoms with Gasteiger partial charge in [-0.05, 0) is 62.8 Å². The molecule has 4 saturated heterocycles. The van der Waals surface area contributed by atoms with Gasteiger partial charge in [0.2, 0.25) is 5.91 Å². The number of aliphatic hydroxyl groups is 1. The Kier molecular flexibility index (Phi) is 15.3. The van der Waals surface area contributed by atoms with Gasteiger partial charge in [0.05, 0.1) is 55.4 Å². The first kappa shape index (κ1) is 48.8. The van der Waals surface area contributed by atoms with Crippen molar-refractivity contribution in [2.75, 3.05) is 20.8 Å². The molecule has 0 aromatic heterocycles. The molecular formula is C49H71NO14. The van der Waals surface area contributed by atoms with Crippen LogP contribution in [0.25, 0.3) is 0 Å². The van der Waals surface area contributed by atoms with Crippen LogP contribution in [0.5, 0.6) is 0 Å². The minimum atomic E-state index is -1.94. The van der Waals surface area contributed by atoms with Crippen molar-refractivity contribution in [3.05, 3.63) is 59.3 Å². The van der Waals surface area contributed by atoms with E-state index in [2.05, 4.69) is 38.2 Å². The molecule has 0 saturated carbocycles. The highest BCUT2D eigenvalue weighted by molar-refractivity contribution is 6.03. The van der Waals surface area contributed by atoms with E-state index in [0.717, 1.165) is 5.57 Å². The highest BCUT2D eigenvalue weighted by Crippen LogP contribution is 2.46. The fourth-order valence-corrected chi connectivity index (χ4v) is 10.7. The summed E-state index contributed by atoms with van der Waals surface area (Å²) in [5, 5.41) is 15.4. The number of nitrogens with one attached hydrogen (secondary N) is 1. The molecule has 1 amide bonds. The highest BCUT2D eigenvalue weighted by atomic mass is 16.7. The van der Waals surface area contributed by atoms with E-state index in [1.54, 1.807) is 27.2 Å². The molecule has 0 aromatic rings. The minimum Gasteiger partial charge on any atom is -0.462 e. The predicted octanol–water partition coefficient (Wildman–Crippen LogP) is 5.34. The van der Waals surface area contributed by atoms with Crippen LogP contribution in [0, 0.1) is 23.7 Å². The lowest BCUT2D eigenvalue weighted by Crippen LogP contribution is -2.58. The molecular weight excluding hydrogens is 827 g/mol. The van der Waals surface area contributed by atoms with Crippen LogP contribution >= 0.6 is 0 Å². The standard InChI is InChI=1S/C49H71NO14/c1-25(2)43-28(5)17-18-48(64-43)23-35-20-34(63-48)16-15-27(4)44(26(3)13-12-14-33-24-57-46-42(52)29(6)19-36(47(53)60-35)49(33,46)54)61-40-22-38(56-11)45(31(8)59-40)62-39-21-37(55-10)41(30(7)58-39)50-32(9)51/h12-15,17-19,25-26,28,30-31,34-41,43-46,54H,16,20-24H2,1-11H3,(H,50,51)/b13-12+,27-15+,33-14+/t26-,28-,30-,31-,34+,35-,36-,37-,38-,39-,40-,41+,43+,44-,45-,46+,48+,49+/m0/s1. The Labute approximate surface area is 378 Å². The largest absolute Gasteiger partial charge is 0.462 e. The van der Waals surface area contributed by atoms with Crippen molar-refractivity contribution in [2.45, 2.75) is 185 Å². The van der Waals surface area contributed by atoms with Crippen molar-refractivity contribution in [1.82, 2.24) is 5.32 Å². The summed E-state index contributed by atoms with van der Waals surface area (Å²) in [6.07, 6.45) is 8.98. The maximum Gasteiger partial charge on any atom is 0.316 e. The number of allylic oxidation sites excluding steroid dienone is 2. The molecule has 2 N–H and O–H groups in total. The highest BCUT2D eigenvalue weighted by Gasteiger charge is 2.60. The average molecular weight is 898 g/mol. The fraction of sp³-hybridized carbons (Fsp3) is 0.735. The Bertz CT molecular complexity index is 1880. The first-order valence-electron chi connectivity index (χ1n) is 23.2. The van der Waals surface area contributed by atoms with Crippen molar-refractivity contribution < 1.29 is 66.9 Å². The van der Waals surface area contributed by atoms with Gasteiger partial charge in [-0.15, -0.1) is 0 Å². The van der Waals surface area contributed by atoms with E-state index < -0.39 is 78.6 Å². The second-order valence-corrected chi connectivity index (χ2v) is 19.4. The Balaban J connectivity index is 1.16. The van der Waals surface area contributed by atoms with Crippen LogP contribution < -0.4 is 5.32 Å². The molecule has 64 heavy (non-hydrogen) atoms. The summed E-state index contributed by atoms with van der Waals surface area (Å²) in [7, 11) is 3.26. The van der Waals surface area contributed by atoms with Crippen LogP contribution in [0.2, 0.25) is 0 Å². The normalized spacial score (nSPS) is 46.3. The molecule has 1 spiro atoms. The van der Waals surface area contributed by atoms with Crippen LogP contribution in [0.1, 0.15) is 94.4 Å². The molecule has 6 aliphatic heterocycles. The molecule has 15 heteroatoms. The van der Waals surface area contributed by atoms with E-state index >= 15 is 0 Å². The van der Waals surface area contributed by atoms with Crippen molar-refractivity contribution in [1.29, 1.82) is 0 Å². The molecule has 2 bridgehead atoms. The van der Waals surface area contributed by atoms with Gasteiger partial charge in [-0.1, -0.05) is 64.2 Å². The minimum absolute atomic E-state index is 0.0342. The summed E-state index contributed by atoms with van der Waals surface area (Å²) in [5.41, 5.74) is -0.254. The number of amides is 1. The molecule has 6 heterocycles. The molecule has 7 aliphatic rings. The first-order chi connectivity index (χ1) is 30.4. The summed E-state index contributed by atoms with van der Waals surface area (Å²) in [6.45, 7) is 17.3. The van der Waals surface area contributed by atoms with E-state index in [1.807, 2.05) is 45.9 Å². The number of hydrogen-bond acceptors (Lipinski definition) is 14. The summed E-state index contributed by atoms with van der Waals surface area (Å²) in [4.78, 5) is 39.6. The smallest absolute Gasteiger partial charge is 0.316 e. The van der Waals surface area contributed by atoms with E-state index in [1.165, 1.54) is 13.0 Å². The van der Waals surface area contributed by atoms with E-state index in [0.29, 0.717) is 36.8 Å². The lowest BCUT2D eigenvalue weighted by Gasteiger charge is -2.48. The lowest BCUT2D eigenvalue weighted by atomic mass is 9.71. The third-order valence-electron chi connectivity index (χ3n) is 14.2. The number of methoxy groups -OCH3 is 2. The number of fused-ring (bicyclic) bond motifs is 2. The van der Waals surface area contributed by atoms with Crippen molar-refractivity contribution in [2.24, 2.45) is 23.7 Å². The van der Waals surface area contributed by atoms with E-state index in [9.17, 15) is 19.5 Å². The Morgan fingerprint density at radius 2 is 1.61 bits per heavy atom. The molecule has 7 rings (SSSR count). The van der Waals surface area contributed by atoms with Gasteiger partial charge in [0.15, 0.2) is 30.3 Å². The first-order valence-corrected chi connectivity index (χ1v) is 23.2. The van der Waals surface area contributed by atoms with E-state index in [-0.39, 0.29) is 66.8 Å². The van der Waals surface area contributed by atoms with Gasteiger partial charge < -0.3 is 57.8 Å². The van der Waals surface area contributed by atoms with Gasteiger partial charge in [0.1, 0.15) is 23.7 Å². The third kappa shape index (κ3) is 10.1. The molecule has 0 radical (unpaired) electrons. The van der Waals surface area contributed by atoms with Gasteiger partial charge >= 0.3 is 5.97 Å². The molecule has 0 unspecified atom stereocenters. The van der Waals surface area contributed by atoms with Gasteiger partial charge in [0, 0.05) is 58.7 Å². The zero-order chi connectivity index (χ0) is 46.2. The zero-order valence-electron chi connectivity index (χ0n) is 39.4.